The summed E-state index contributed by atoms with van der Waals surface area (Å²) >= 11 is 0. The lowest BCUT2D eigenvalue weighted by Crippen LogP contribution is -2.43. The fourth-order valence-corrected chi connectivity index (χ4v) is 3.46. The molecule has 0 aliphatic heterocycles. The fourth-order valence-electron chi connectivity index (χ4n) is 3.46. The Labute approximate surface area is 99.8 Å². The third-order valence-corrected chi connectivity index (χ3v) is 5.63. The van der Waals surface area contributed by atoms with Gasteiger partial charge in [0.05, 0.1) is 6.10 Å². The first-order valence-corrected chi connectivity index (χ1v) is 6.79. The number of nitrogens with one attached hydrogen (secondary N) is 1. The lowest BCUT2D eigenvalue weighted by Gasteiger charge is -2.28. The van der Waals surface area contributed by atoms with Gasteiger partial charge in [0, 0.05) is 6.04 Å². The van der Waals surface area contributed by atoms with Crippen LogP contribution < -0.4 is 5.32 Å². The topological polar surface area (TPSA) is 32.3 Å². The highest BCUT2D eigenvalue weighted by Gasteiger charge is 2.63. The normalized spacial score (nSPS) is 37.3. The van der Waals surface area contributed by atoms with E-state index in [1.807, 2.05) is 0 Å². The smallest absolute Gasteiger partial charge is 0.0693 e. The maximum absolute atomic E-state index is 9.90. The Kier molecular flexibility index (Phi) is 3.09. The quantitative estimate of drug-likeness (QED) is 0.773. The van der Waals surface area contributed by atoms with Crippen LogP contribution in [-0.4, -0.2) is 23.8 Å². The molecule has 2 aliphatic carbocycles. The molecule has 0 amide bonds. The van der Waals surface area contributed by atoms with Gasteiger partial charge >= 0.3 is 0 Å². The van der Waals surface area contributed by atoms with Gasteiger partial charge in [-0.15, -0.1) is 0 Å². The third kappa shape index (κ3) is 1.91. The highest BCUT2D eigenvalue weighted by Crippen LogP contribution is 2.67. The Morgan fingerprint density at radius 2 is 1.62 bits per heavy atom. The van der Waals surface area contributed by atoms with E-state index in [1.54, 1.807) is 0 Å². The van der Waals surface area contributed by atoms with Crippen molar-refractivity contribution in [1.82, 2.24) is 5.32 Å². The Hall–Kier alpha value is -0.0800. The van der Waals surface area contributed by atoms with Crippen molar-refractivity contribution >= 4 is 0 Å². The maximum atomic E-state index is 9.90. The van der Waals surface area contributed by atoms with Gasteiger partial charge in [0.1, 0.15) is 0 Å². The highest BCUT2D eigenvalue weighted by molar-refractivity contribution is 5.13. The average Bonchev–Trinajstić information content (AvgIpc) is 2.58. The molecule has 0 bridgehead atoms. The van der Waals surface area contributed by atoms with Crippen LogP contribution in [-0.2, 0) is 0 Å². The minimum Gasteiger partial charge on any atom is -0.392 e. The van der Waals surface area contributed by atoms with Gasteiger partial charge < -0.3 is 10.4 Å². The average molecular weight is 225 g/mol. The molecule has 0 unspecified atom stereocenters. The van der Waals surface area contributed by atoms with E-state index < -0.39 is 0 Å². The van der Waals surface area contributed by atoms with Gasteiger partial charge in [-0.05, 0) is 36.1 Å². The van der Waals surface area contributed by atoms with Crippen molar-refractivity contribution in [2.75, 3.05) is 6.54 Å². The second kappa shape index (κ2) is 3.99. The van der Waals surface area contributed by atoms with E-state index >= 15 is 0 Å². The summed E-state index contributed by atoms with van der Waals surface area (Å²) in [6.07, 6.45) is 4.48. The summed E-state index contributed by atoms with van der Waals surface area (Å²) in [5, 5.41) is 13.5. The monoisotopic (exact) mass is 225 g/mol. The number of aliphatic hydroxyl groups is 1. The minimum absolute atomic E-state index is 0.112. The molecule has 16 heavy (non-hydrogen) atoms. The van der Waals surface area contributed by atoms with E-state index in [-0.39, 0.29) is 6.10 Å². The largest absolute Gasteiger partial charge is 0.392 e. The molecule has 2 nitrogen and oxygen atoms in total. The second-order valence-electron chi connectivity index (χ2n) is 6.86. The van der Waals surface area contributed by atoms with Crippen LogP contribution in [0.3, 0.4) is 0 Å². The van der Waals surface area contributed by atoms with E-state index in [0.29, 0.717) is 16.9 Å². The van der Waals surface area contributed by atoms with Crippen LogP contribution in [0.1, 0.15) is 53.4 Å². The van der Waals surface area contributed by atoms with Crippen molar-refractivity contribution in [2.24, 2.45) is 16.7 Å². The summed E-state index contributed by atoms with van der Waals surface area (Å²) in [4.78, 5) is 0. The highest BCUT2D eigenvalue weighted by atomic mass is 16.3. The Balaban J connectivity index is 1.80. The van der Waals surface area contributed by atoms with Crippen molar-refractivity contribution in [1.29, 1.82) is 0 Å². The summed E-state index contributed by atoms with van der Waals surface area (Å²) in [5.74, 6) is 0.758. The molecule has 0 radical (unpaired) electrons. The zero-order chi connectivity index (χ0) is 12.0. The predicted octanol–water partition coefficient (Wildman–Crippen LogP) is 2.56. The summed E-state index contributed by atoms with van der Waals surface area (Å²) < 4.78 is 0. The molecule has 2 heteroatoms. The lowest BCUT2D eigenvalue weighted by molar-refractivity contribution is 0.0897. The van der Waals surface area contributed by atoms with Gasteiger partial charge in [0.15, 0.2) is 0 Å². The standard InChI is InChI=1S/C14H27NO/c1-13(2)12(14(13,3)4)9-15-10-7-5-6-8-11(10)16/h10-12,15-16H,5-9H2,1-4H3/t10-,11-/m0/s1. The molecule has 0 aromatic carbocycles. The van der Waals surface area contributed by atoms with Crippen molar-refractivity contribution < 1.29 is 5.11 Å². The Morgan fingerprint density at radius 1 is 1.06 bits per heavy atom. The molecule has 2 aliphatic rings. The van der Waals surface area contributed by atoms with Crippen molar-refractivity contribution in [3.63, 3.8) is 0 Å². The second-order valence-corrected chi connectivity index (χ2v) is 6.86. The van der Waals surface area contributed by atoms with Gasteiger partial charge in [-0.3, -0.25) is 0 Å². The molecule has 2 fully saturated rings. The zero-order valence-electron chi connectivity index (χ0n) is 11.2. The van der Waals surface area contributed by atoms with E-state index in [9.17, 15) is 5.11 Å². The predicted molar refractivity (Wildman–Crippen MR) is 67.3 cm³/mol. The third-order valence-electron chi connectivity index (χ3n) is 5.63. The summed E-state index contributed by atoms with van der Waals surface area (Å²) in [6, 6.07) is 0.348. The number of hydrogen-bond donors (Lipinski definition) is 2. The molecule has 0 saturated heterocycles. The molecule has 0 aromatic rings. The summed E-state index contributed by atoms with van der Waals surface area (Å²) in [5.41, 5.74) is 0.916. The molecule has 0 aromatic heterocycles. The molecule has 0 heterocycles. The van der Waals surface area contributed by atoms with Crippen molar-refractivity contribution in [3.05, 3.63) is 0 Å². The number of rotatable bonds is 3. The lowest BCUT2D eigenvalue weighted by atomic mass is 9.92. The van der Waals surface area contributed by atoms with Crippen molar-refractivity contribution in [2.45, 2.75) is 65.5 Å². The van der Waals surface area contributed by atoms with E-state index in [0.717, 1.165) is 25.3 Å². The Morgan fingerprint density at radius 3 is 2.12 bits per heavy atom. The molecule has 2 N–H and O–H groups in total. The van der Waals surface area contributed by atoms with Crippen LogP contribution in [0, 0.1) is 16.7 Å². The molecule has 2 saturated carbocycles. The van der Waals surface area contributed by atoms with E-state index in [1.165, 1.54) is 12.8 Å². The summed E-state index contributed by atoms with van der Waals surface area (Å²) in [6.45, 7) is 10.5. The van der Waals surface area contributed by atoms with Gasteiger partial charge in [0.2, 0.25) is 0 Å². The van der Waals surface area contributed by atoms with Gasteiger partial charge in [0.25, 0.3) is 0 Å². The first-order valence-electron chi connectivity index (χ1n) is 6.79. The molecule has 2 rings (SSSR count). The first-order chi connectivity index (χ1) is 7.37. The molecular formula is C14H27NO. The van der Waals surface area contributed by atoms with Gasteiger partial charge in [-0.25, -0.2) is 0 Å². The van der Waals surface area contributed by atoms with Crippen LogP contribution in [0.25, 0.3) is 0 Å². The van der Waals surface area contributed by atoms with Crippen LogP contribution in [0.5, 0.6) is 0 Å². The molecular weight excluding hydrogens is 198 g/mol. The van der Waals surface area contributed by atoms with Crippen LogP contribution >= 0.6 is 0 Å². The summed E-state index contributed by atoms with van der Waals surface area (Å²) in [7, 11) is 0. The van der Waals surface area contributed by atoms with Gasteiger partial charge in [-0.1, -0.05) is 40.5 Å². The fraction of sp³-hybridized carbons (Fsp3) is 1.00. The van der Waals surface area contributed by atoms with E-state index in [2.05, 4.69) is 33.0 Å². The van der Waals surface area contributed by atoms with Crippen LogP contribution in [0.15, 0.2) is 0 Å². The first kappa shape index (κ1) is 12.4. The van der Waals surface area contributed by atoms with Crippen molar-refractivity contribution in [3.8, 4) is 0 Å². The van der Waals surface area contributed by atoms with E-state index in [4.69, 9.17) is 0 Å². The molecule has 94 valence electrons. The Bertz CT molecular complexity index is 245. The maximum Gasteiger partial charge on any atom is 0.0693 e. The molecule has 2 atom stereocenters. The number of hydrogen-bond acceptors (Lipinski definition) is 2. The number of aliphatic hydroxyl groups excluding tert-OH is 1. The molecule has 0 spiro atoms. The SMILES string of the molecule is CC1(C)C(CN[C@H]2CCCC[C@@H]2O)C1(C)C. The minimum atomic E-state index is -0.112. The van der Waals surface area contributed by atoms with Crippen LogP contribution in [0.4, 0.5) is 0 Å². The van der Waals surface area contributed by atoms with Gasteiger partial charge in [-0.2, -0.15) is 0 Å². The zero-order valence-corrected chi connectivity index (χ0v) is 11.2. The van der Waals surface area contributed by atoms with Crippen LogP contribution in [0.2, 0.25) is 0 Å².